The van der Waals surface area contributed by atoms with Crippen molar-refractivity contribution in [3.63, 3.8) is 0 Å². The molecule has 3 aromatic rings. The van der Waals surface area contributed by atoms with Crippen molar-refractivity contribution in [1.82, 2.24) is 25.5 Å². The molecule has 1 aromatic heterocycles. The van der Waals surface area contributed by atoms with Gasteiger partial charge in [-0.2, -0.15) is 14.8 Å². The number of hydrogen-bond acceptors (Lipinski definition) is 8. The van der Waals surface area contributed by atoms with Crippen molar-refractivity contribution < 1.29 is 14.3 Å². The lowest BCUT2D eigenvalue weighted by atomic mass is 10.3. The zero-order valence-corrected chi connectivity index (χ0v) is 16.7. The van der Waals surface area contributed by atoms with Gasteiger partial charge in [-0.05, 0) is 46.8 Å². The molecule has 30 heavy (non-hydrogen) atoms. The Kier molecular flexibility index (Phi) is 5.70. The molecule has 0 aliphatic carbocycles. The Morgan fingerprint density at radius 3 is 2.63 bits per heavy atom. The Labute approximate surface area is 175 Å². The van der Waals surface area contributed by atoms with Crippen molar-refractivity contribution in [2.24, 2.45) is 5.10 Å². The first-order valence-electron chi connectivity index (χ1n) is 8.95. The zero-order chi connectivity index (χ0) is 20.9. The van der Waals surface area contributed by atoms with Crippen LogP contribution in [-0.4, -0.2) is 50.7 Å². The van der Waals surface area contributed by atoms with Crippen molar-refractivity contribution >= 4 is 35.1 Å². The van der Waals surface area contributed by atoms with E-state index in [1.807, 2.05) is 30.3 Å². The number of nitrogens with one attached hydrogen (secondary N) is 1. The molecule has 0 radical (unpaired) electrons. The molecule has 0 saturated heterocycles. The summed E-state index contributed by atoms with van der Waals surface area (Å²) in [5, 5.41) is 20.2. The maximum absolute atomic E-state index is 12.3. The van der Waals surface area contributed by atoms with E-state index in [4.69, 9.17) is 4.74 Å². The summed E-state index contributed by atoms with van der Waals surface area (Å²) in [5.41, 5.74) is 1.40. The van der Waals surface area contributed by atoms with Crippen LogP contribution in [0.3, 0.4) is 0 Å². The fourth-order valence-electron chi connectivity index (χ4n) is 2.75. The smallest absolute Gasteiger partial charge is 0.255 e. The van der Waals surface area contributed by atoms with Gasteiger partial charge in [0, 0.05) is 0 Å². The molecule has 10 nitrogen and oxygen atoms in total. The quantitative estimate of drug-likeness (QED) is 0.599. The van der Waals surface area contributed by atoms with Crippen molar-refractivity contribution in [3.8, 4) is 11.4 Å². The average Bonchev–Trinajstić information content (AvgIpc) is 3.39. The fraction of sp³-hybridized carbons (Fsp3) is 0.158. The molecule has 4 rings (SSSR count). The van der Waals surface area contributed by atoms with Gasteiger partial charge in [0.05, 0.1) is 30.7 Å². The van der Waals surface area contributed by atoms with Crippen LogP contribution in [0.1, 0.15) is 6.42 Å². The van der Waals surface area contributed by atoms with E-state index in [1.165, 1.54) is 21.5 Å². The lowest BCUT2D eigenvalue weighted by molar-refractivity contribution is -0.117. The molecule has 0 saturated carbocycles. The third-order valence-electron chi connectivity index (χ3n) is 4.15. The molecule has 0 spiro atoms. The van der Waals surface area contributed by atoms with Gasteiger partial charge in [-0.3, -0.25) is 9.59 Å². The standard InChI is InChI=1S/C19H17N7O3S/c1-29-15-9-7-14(8-10-15)26-19(21-23-24-26)30-12-17(27)20-16-11-18(28)25(22-16)13-5-3-2-4-6-13/h2-10H,11-12H2,1H3,(H,20,22,27). The summed E-state index contributed by atoms with van der Waals surface area (Å²) in [7, 11) is 1.59. The van der Waals surface area contributed by atoms with Crippen molar-refractivity contribution in [3.05, 3.63) is 54.6 Å². The number of rotatable bonds is 6. The van der Waals surface area contributed by atoms with Gasteiger partial charge in [0.2, 0.25) is 11.1 Å². The van der Waals surface area contributed by atoms with Crippen molar-refractivity contribution in [2.75, 3.05) is 17.9 Å². The second-order valence-corrected chi connectivity index (χ2v) is 7.12. The Balaban J connectivity index is 1.37. The maximum Gasteiger partial charge on any atom is 0.255 e. The molecule has 2 heterocycles. The van der Waals surface area contributed by atoms with Gasteiger partial charge >= 0.3 is 0 Å². The third-order valence-corrected chi connectivity index (χ3v) is 5.07. The molecule has 2 amide bonds. The first kappa shape index (κ1) is 19.6. The van der Waals surface area contributed by atoms with E-state index in [0.717, 1.165) is 11.4 Å². The molecule has 0 bridgehead atoms. The summed E-state index contributed by atoms with van der Waals surface area (Å²) in [4.78, 5) is 24.5. The van der Waals surface area contributed by atoms with Crippen LogP contribution in [0.2, 0.25) is 0 Å². The molecule has 0 unspecified atom stereocenters. The Hall–Kier alpha value is -3.73. The maximum atomic E-state index is 12.3. The zero-order valence-electron chi connectivity index (χ0n) is 15.9. The number of para-hydroxylation sites is 1. The highest BCUT2D eigenvalue weighted by Gasteiger charge is 2.26. The van der Waals surface area contributed by atoms with Crippen LogP contribution >= 0.6 is 11.8 Å². The number of anilines is 1. The number of tetrazole rings is 1. The van der Waals surface area contributed by atoms with E-state index in [9.17, 15) is 9.59 Å². The minimum absolute atomic E-state index is 0.0366. The molecular formula is C19H17N7O3S. The lowest BCUT2D eigenvalue weighted by Gasteiger charge is -2.10. The normalized spacial score (nSPS) is 13.3. The van der Waals surface area contributed by atoms with Crippen molar-refractivity contribution in [1.29, 1.82) is 0 Å². The predicted molar refractivity (Wildman–Crippen MR) is 111 cm³/mol. The van der Waals surface area contributed by atoms with Crippen LogP contribution in [0.15, 0.2) is 64.9 Å². The highest BCUT2D eigenvalue weighted by atomic mass is 32.2. The minimum Gasteiger partial charge on any atom is -0.497 e. The van der Waals surface area contributed by atoms with Gasteiger partial charge in [0.15, 0.2) is 0 Å². The van der Waals surface area contributed by atoms with Gasteiger partial charge in [-0.1, -0.05) is 30.0 Å². The third kappa shape index (κ3) is 4.30. The minimum atomic E-state index is -0.300. The summed E-state index contributed by atoms with van der Waals surface area (Å²) in [6.45, 7) is 0. The molecule has 1 aliphatic heterocycles. The van der Waals surface area contributed by atoms with Crippen LogP contribution < -0.4 is 15.1 Å². The van der Waals surface area contributed by atoms with Crippen molar-refractivity contribution in [2.45, 2.75) is 11.6 Å². The number of hydrazone groups is 1. The summed E-state index contributed by atoms with van der Waals surface area (Å²) >= 11 is 1.18. The lowest BCUT2D eigenvalue weighted by Crippen LogP contribution is -2.31. The highest BCUT2D eigenvalue weighted by molar-refractivity contribution is 7.99. The van der Waals surface area contributed by atoms with Gasteiger partial charge in [-0.25, -0.2) is 0 Å². The van der Waals surface area contributed by atoms with Crippen LogP contribution in [0.25, 0.3) is 5.69 Å². The molecule has 1 N–H and O–H groups in total. The number of methoxy groups -OCH3 is 1. The first-order chi connectivity index (χ1) is 14.6. The van der Waals surface area contributed by atoms with E-state index >= 15 is 0 Å². The largest absolute Gasteiger partial charge is 0.497 e. The van der Waals surface area contributed by atoms with Crippen LogP contribution in [0, 0.1) is 0 Å². The number of ether oxygens (including phenoxy) is 1. The Bertz CT molecular complexity index is 1080. The molecule has 0 atom stereocenters. The topological polar surface area (TPSA) is 115 Å². The molecular weight excluding hydrogens is 406 g/mol. The number of nitrogens with zero attached hydrogens (tertiary/aromatic N) is 6. The predicted octanol–water partition coefficient (Wildman–Crippen LogP) is 1.63. The molecule has 11 heteroatoms. The Morgan fingerprint density at radius 1 is 1.13 bits per heavy atom. The van der Waals surface area contributed by atoms with Crippen LogP contribution in [-0.2, 0) is 9.59 Å². The summed E-state index contributed by atoms with van der Waals surface area (Å²) in [5.74, 6) is 0.592. The first-order valence-corrected chi connectivity index (χ1v) is 9.93. The Morgan fingerprint density at radius 2 is 1.90 bits per heavy atom. The van der Waals surface area contributed by atoms with E-state index in [-0.39, 0.29) is 24.0 Å². The van der Waals surface area contributed by atoms with E-state index in [2.05, 4.69) is 25.9 Å². The van der Waals surface area contributed by atoms with Gasteiger partial charge in [0.25, 0.3) is 5.91 Å². The number of benzene rings is 2. The number of carbonyl (C=O) groups is 2. The fourth-order valence-corrected chi connectivity index (χ4v) is 3.44. The number of hydrogen-bond donors (Lipinski definition) is 1. The number of carbonyl (C=O) groups excluding carboxylic acids is 2. The van der Waals surface area contributed by atoms with Gasteiger partial charge in [-0.15, -0.1) is 5.10 Å². The molecule has 2 aromatic carbocycles. The summed E-state index contributed by atoms with van der Waals surface area (Å²) < 4.78 is 6.68. The second kappa shape index (κ2) is 8.74. The number of thioether (sulfide) groups is 1. The van der Waals surface area contributed by atoms with Crippen LogP contribution in [0.4, 0.5) is 5.69 Å². The van der Waals surface area contributed by atoms with Gasteiger partial charge in [0.1, 0.15) is 11.6 Å². The average molecular weight is 423 g/mol. The molecule has 152 valence electrons. The summed E-state index contributed by atoms with van der Waals surface area (Å²) in [6, 6.07) is 16.3. The number of amidine groups is 1. The number of aromatic nitrogens is 4. The summed E-state index contributed by atoms with van der Waals surface area (Å²) in [6.07, 6.45) is 0.0366. The SMILES string of the molecule is COc1ccc(-n2nnnc2SCC(=O)NC2=NN(c3ccccc3)C(=O)C2)cc1. The monoisotopic (exact) mass is 423 g/mol. The highest BCUT2D eigenvalue weighted by Crippen LogP contribution is 2.21. The second-order valence-electron chi connectivity index (χ2n) is 6.17. The molecule has 0 fully saturated rings. The van der Waals surface area contributed by atoms with Crippen LogP contribution in [0.5, 0.6) is 5.75 Å². The van der Waals surface area contributed by atoms with E-state index < -0.39 is 0 Å². The van der Waals surface area contributed by atoms with Gasteiger partial charge < -0.3 is 10.1 Å². The van der Waals surface area contributed by atoms with E-state index in [0.29, 0.717) is 16.7 Å². The van der Waals surface area contributed by atoms with E-state index in [1.54, 1.807) is 31.4 Å². The molecule has 1 aliphatic rings. The number of amides is 2.